The van der Waals surface area contributed by atoms with E-state index in [9.17, 15) is 10.2 Å². The summed E-state index contributed by atoms with van der Waals surface area (Å²) in [6.07, 6.45) is 15.2. The molecule has 1 saturated heterocycles. The summed E-state index contributed by atoms with van der Waals surface area (Å²) in [5, 5.41) is 22.2. The second kappa shape index (κ2) is 7.73. The van der Waals surface area contributed by atoms with E-state index in [1.807, 2.05) is 31.3 Å². The first-order valence-electron chi connectivity index (χ1n) is 13.4. The van der Waals surface area contributed by atoms with Gasteiger partial charge >= 0.3 is 0 Å². The standard InChI is InChI=1S/C31H40N2O3/c1-19-20(8-7-15-32-19)9-10-21-11-12-25-29(21,4)28(2,3)17-22-16-23-26(34)27(35)24(33(5)6)18-30(23)13-14-31(22,25)36-30/h7-11,15-17,24-27,34-35H,12-14,18H2,1-6H3. The molecule has 5 nitrogen and oxygen atoms in total. The Morgan fingerprint density at radius 2 is 1.92 bits per heavy atom. The fourth-order valence-corrected chi connectivity index (χ4v) is 8.24. The van der Waals surface area contributed by atoms with Crippen LogP contribution < -0.4 is 0 Å². The van der Waals surface area contributed by atoms with Crippen LogP contribution in [0.25, 0.3) is 6.08 Å². The Morgan fingerprint density at radius 3 is 2.64 bits per heavy atom. The van der Waals surface area contributed by atoms with Gasteiger partial charge in [-0.3, -0.25) is 4.98 Å². The highest BCUT2D eigenvalue weighted by atomic mass is 16.5. The van der Waals surface area contributed by atoms with E-state index < -0.39 is 17.8 Å². The summed E-state index contributed by atoms with van der Waals surface area (Å²) >= 11 is 0. The van der Waals surface area contributed by atoms with Crippen molar-refractivity contribution in [2.75, 3.05) is 14.1 Å². The third-order valence-electron chi connectivity index (χ3n) is 10.6. The van der Waals surface area contributed by atoms with Crippen LogP contribution in [0.2, 0.25) is 0 Å². The Hall–Kier alpha value is -2.05. The number of nitrogens with zero attached hydrogens (tertiary/aromatic N) is 2. The lowest BCUT2D eigenvalue weighted by Gasteiger charge is -2.60. The van der Waals surface area contributed by atoms with Gasteiger partial charge in [-0.15, -0.1) is 0 Å². The quantitative estimate of drug-likeness (QED) is 0.651. The monoisotopic (exact) mass is 488 g/mol. The normalized spacial score (nSPS) is 42.5. The number of hydrogen-bond acceptors (Lipinski definition) is 5. The van der Waals surface area contributed by atoms with Crippen LogP contribution in [0, 0.1) is 23.7 Å². The molecule has 2 spiro atoms. The highest BCUT2D eigenvalue weighted by Gasteiger charge is 2.69. The van der Waals surface area contributed by atoms with Crippen LogP contribution in [-0.4, -0.2) is 63.6 Å². The molecule has 36 heavy (non-hydrogen) atoms. The van der Waals surface area contributed by atoms with Gasteiger partial charge in [-0.25, -0.2) is 0 Å². The summed E-state index contributed by atoms with van der Waals surface area (Å²) < 4.78 is 7.28. The molecular weight excluding hydrogens is 448 g/mol. The van der Waals surface area contributed by atoms with Gasteiger partial charge in [-0.05, 0) is 80.5 Å². The summed E-state index contributed by atoms with van der Waals surface area (Å²) in [6, 6.07) is 3.98. The Labute approximate surface area is 215 Å². The third-order valence-corrected chi connectivity index (χ3v) is 10.6. The number of pyridine rings is 1. The van der Waals surface area contributed by atoms with Crippen LogP contribution >= 0.6 is 0 Å². The van der Waals surface area contributed by atoms with E-state index in [1.165, 1.54) is 11.1 Å². The van der Waals surface area contributed by atoms with E-state index in [1.54, 1.807) is 0 Å². The average Bonchev–Trinajstić information content (AvgIpc) is 3.34. The fourth-order valence-electron chi connectivity index (χ4n) is 8.24. The number of aromatic nitrogens is 1. The molecule has 192 valence electrons. The summed E-state index contributed by atoms with van der Waals surface area (Å²) in [5.41, 5.74) is 4.59. The van der Waals surface area contributed by atoms with E-state index in [4.69, 9.17) is 4.74 Å². The molecule has 5 aliphatic rings. The zero-order valence-corrected chi connectivity index (χ0v) is 22.5. The molecule has 0 aromatic carbocycles. The van der Waals surface area contributed by atoms with E-state index >= 15 is 0 Å². The number of allylic oxidation sites excluding steroid dienone is 4. The van der Waals surface area contributed by atoms with Crippen molar-refractivity contribution >= 4 is 6.08 Å². The van der Waals surface area contributed by atoms with E-state index in [-0.39, 0.29) is 22.5 Å². The average molecular weight is 489 g/mol. The van der Waals surface area contributed by atoms with E-state index in [0.29, 0.717) is 12.3 Å². The molecule has 0 amide bonds. The number of aryl methyl sites for hydroxylation is 1. The van der Waals surface area contributed by atoms with Crippen molar-refractivity contribution in [3.63, 3.8) is 0 Å². The highest BCUT2D eigenvalue weighted by Crippen LogP contribution is 2.70. The van der Waals surface area contributed by atoms with Crippen molar-refractivity contribution < 1.29 is 14.9 Å². The van der Waals surface area contributed by atoms with Crippen molar-refractivity contribution in [3.05, 3.63) is 70.6 Å². The van der Waals surface area contributed by atoms with Crippen LogP contribution in [-0.2, 0) is 4.74 Å². The molecule has 7 unspecified atom stereocenters. The van der Waals surface area contributed by atoms with Crippen molar-refractivity contribution in [2.45, 2.75) is 82.8 Å². The lowest BCUT2D eigenvalue weighted by Crippen LogP contribution is -2.63. The number of likely N-dealkylation sites (N-methyl/N-ethyl adjacent to an activating group) is 1. The number of aliphatic hydroxyl groups excluding tert-OH is 2. The van der Waals surface area contributed by atoms with Gasteiger partial charge in [0, 0.05) is 29.3 Å². The van der Waals surface area contributed by atoms with Gasteiger partial charge in [-0.1, -0.05) is 57.2 Å². The molecule has 2 bridgehead atoms. The first-order valence-corrected chi connectivity index (χ1v) is 13.4. The Bertz CT molecular complexity index is 1230. The summed E-state index contributed by atoms with van der Waals surface area (Å²) in [5.74, 6) is 0.314. The molecule has 3 heterocycles. The topological polar surface area (TPSA) is 65.8 Å². The van der Waals surface area contributed by atoms with Gasteiger partial charge < -0.3 is 19.8 Å². The summed E-state index contributed by atoms with van der Waals surface area (Å²) in [4.78, 5) is 6.49. The van der Waals surface area contributed by atoms with E-state index in [0.717, 1.165) is 36.1 Å². The fraction of sp³-hybridized carbons (Fsp3) is 0.581. The minimum atomic E-state index is -0.900. The van der Waals surface area contributed by atoms with Crippen LogP contribution in [0.4, 0.5) is 0 Å². The molecule has 1 aromatic rings. The van der Waals surface area contributed by atoms with Gasteiger partial charge in [-0.2, -0.15) is 0 Å². The second-order valence-electron chi connectivity index (χ2n) is 12.7. The molecule has 2 N–H and O–H groups in total. The minimum Gasteiger partial charge on any atom is -0.388 e. The maximum atomic E-state index is 11.2. The Balaban J connectivity index is 1.43. The number of rotatable bonds is 3. The second-order valence-corrected chi connectivity index (χ2v) is 12.7. The Kier molecular flexibility index (Phi) is 5.22. The Morgan fingerprint density at radius 1 is 1.14 bits per heavy atom. The molecular formula is C31H40N2O3. The van der Waals surface area contributed by atoms with E-state index in [2.05, 4.69) is 69.1 Å². The predicted octanol–water partition coefficient (Wildman–Crippen LogP) is 4.61. The molecule has 2 fully saturated rings. The van der Waals surface area contributed by atoms with Gasteiger partial charge in [0.15, 0.2) is 0 Å². The zero-order valence-electron chi connectivity index (χ0n) is 22.5. The van der Waals surface area contributed by atoms with Crippen molar-refractivity contribution in [3.8, 4) is 0 Å². The number of ether oxygens (including phenoxy) is 1. The molecule has 1 saturated carbocycles. The van der Waals surface area contributed by atoms with Crippen molar-refractivity contribution in [2.24, 2.45) is 16.7 Å². The van der Waals surface area contributed by atoms with Crippen LogP contribution in [0.15, 0.2) is 59.4 Å². The van der Waals surface area contributed by atoms with Crippen LogP contribution in [0.1, 0.15) is 57.7 Å². The SMILES string of the molecule is Cc1ncccc1C=CC1=CCC2C34CCC5(CC(N(C)C)C(O)C(O)C5=CC3=CC(C)(C)C12C)O4. The number of fused-ring (bicyclic) bond motifs is 1. The van der Waals surface area contributed by atoms with Gasteiger partial charge in [0.1, 0.15) is 6.10 Å². The van der Waals surface area contributed by atoms with Gasteiger partial charge in [0.2, 0.25) is 0 Å². The predicted molar refractivity (Wildman–Crippen MR) is 142 cm³/mol. The third kappa shape index (κ3) is 3.00. The largest absolute Gasteiger partial charge is 0.388 e. The maximum Gasteiger partial charge on any atom is 0.105 e. The summed E-state index contributed by atoms with van der Waals surface area (Å²) in [6.45, 7) is 9.16. The molecule has 0 radical (unpaired) electrons. The first kappa shape index (κ1) is 24.3. The smallest absolute Gasteiger partial charge is 0.105 e. The molecule has 2 aliphatic heterocycles. The molecule has 5 heteroatoms. The van der Waals surface area contributed by atoms with Gasteiger partial charge in [0.25, 0.3) is 0 Å². The maximum absolute atomic E-state index is 11.2. The molecule has 7 atom stereocenters. The number of aliphatic hydroxyl groups is 2. The molecule has 1 aromatic heterocycles. The summed E-state index contributed by atoms with van der Waals surface area (Å²) in [7, 11) is 3.96. The lowest BCUT2D eigenvalue weighted by molar-refractivity contribution is -0.171. The zero-order chi connectivity index (χ0) is 25.7. The minimum absolute atomic E-state index is 0.0896. The van der Waals surface area contributed by atoms with Crippen molar-refractivity contribution in [1.82, 2.24) is 9.88 Å². The number of hydrogen-bond donors (Lipinski definition) is 2. The van der Waals surface area contributed by atoms with Gasteiger partial charge in [0.05, 0.1) is 17.3 Å². The first-order chi connectivity index (χ1) is 17.0. The highest BCUT2D eigenvalue weighted by molar-refractivity contribution is 5.59. The van der Waals surface area contributed by atoms with Crippen LogP contribution in [0.5, 0.6) is 0 Å². The van der Waals surface area contributed by atoms with Crippen molar-refractivity contribution in [1.29, 1.82) is 0 Å². The molecule has 3 aliphatic carbocycles. The molecule has 6 rings (SSSR count). The van der Waals surface area contributed by atoms with Crippen LogP contribution in [0.3, 0.4) is 0 Å². The lowest BCUT2D eigenvalue weighted by atomic mass is 9.49.